The first-order chi connectivity index (χ1) is 8.65. The second-order valence-electron chi connectivity index (χ2n) is 3.84. The standard InChI is InChI=1S/C14H12F2OS/c15-11-4-6-13(7-5-11)18-9-14(17)10-2-1-3-12(16)8-10/h1-8,14,17H,9H2. The van der Waals surface area contributed by atoms with Crippen molar-refractivity contribution in [2.75, 3.05) is 5.75 Å². The lowest BCUT2D eigenvalue weighted by Crippen LogP contribution is -2.00. The van der Waals surface area contributed by atoms with E-state index < -0.39 is 6.10 Å². The van der Waals surface area contributed by atoms with Crippen LogP contribution in [0.25, 0.3) is 0 Å². The van der Waals surface area contributed by atoms with Gasteiger partial charge in [0.15, 0.2) is 0 Å². The Hall–Kier alpha value is -1.39. The number of rotatable bonds is 4. The van der Waals surface area contributed by atoms with Crippen LogP contribution in [0.5, 0.6) is 0 Å². The first-order valence-corrected chi connectivity index (χ1v) is 6.45. The van der Waals surface area contributed by atoms with Gasteiger partial charge in [-0.1, -0.05) is 12.1 Å². The topological polar surface area (TPSA) is 20.2 Å². The van der Waals surface area contributed by atoms with E-state index in [9.17, 15) is 13.9 Å². The van der Waals surface area contributed by atoms with Gasteiger partial charge in [-0.25, -0.2) is 8.78 Å². The Labute approximate surface area is 108 Å². The molecule has 0 fully saturated rings. The average molecular weight is 266 g/mol. The maximum atomic E-state index is 13.0. The summed E-state index contributed by atoms with van der Waals surface area (Å²) in [6.45, 7) is 0. The summed E-state index contributed by atoms with van der Waals surface area (Å²) in [5.41, 5.74) is 0.546. The van der Waals surface area contributed by atoms with E-state index in [-0.39, 0.29) is 11.6 Å². The Kier molecular flexibility index (Phi) is 4.33. The summed E-state index contributed by atoms with van der Waals surface area (Å²) < 4.78 is 25.7. The molecule has 0 amide bonds. The molecule has 0 aromatic heterocycles. The summed E-state index contributed by atoms with van der Waals surface area (Å²) in [5, 5.41) is 9.90. The molecule has 2 rings (SSSR count). The fourth-order valence-electron chi connectivity index (χ4n) is 1.52. The lowest BCUT2D eigenvalue weighted by atomic mass is 10.1. The van der Waals surface area contributed by atoms with Gasteiger partial charge in [-0.3, -0.25) is 0 Å². The van der Waals surface area contributed by atoms with Crippen LogP contribution in [0.2, 0.25) is 0 Å². The van der Waals surface area contributed by atoms with Gasteiger partial charge in [-0.15, -0.1) is 11.8 Å². The van der Waals surface area contributed by atoms with Crippen molar-refractivity contribution in [2.45, 2.75) is 11.0 Å². The molecule has 0 saturated carbocycles. The number of hydrogen-bond donors (Lipinski definition) is 1. The van der Waals surface area contributed by atoms with Crippen molar-refractivity contribution in [3.8, 4) is 0 Å². The predicted molar refractivity (Wildman–Crippen MR) is 68.5 cm³/mol. The average Bonchev–Trinajstić information content (AvgIpc) is 2.38. The monoisotopic (exact) mass is 266 g/mol. The van der Waals surface area contributed by atoms with Gasteiger partial charge >= 0.3 is 0 Å². The second-order valence-corrected chi connectivity index (χ2v) is 4.93. The molecule has 0 aliphatic carbocycles. The minimum atomic E-state index is -0.740. The van der Waals surface area contributed by atoms with Crippen LogP contribution >= 0.6 is 11.8 Å². The third-order valence-corrected chi connectivity index (χ3v) is 3.54. The van der Waals surface area contributed by atoms with Crippen LogP contribution in [-0.2, 0) is 0 Å². The van der Waals surface area contributed by atoms with E-state index >= 15 is 0 Å². The van der Waals surface area contributed by atoms with E-state index in [1.807, 2.05) is 0 Å². The zero-order valence-corrected chi connectivity index (χ0v) is 10.3. The van der Waals surface area contributed by atoms with E-state index in [1.54, 1.807) is 24.3 Å². The first-order valence-electron chi connectivity index (χ1n) is 5.47. The van der Waals surface area contributed by atoms with E-state index in [4.69, 9.17) is 0 Å². The van der Waals surface area contributed by atoms with Gasteiger partial charge in [0.2, 0.25) is 0 Å². The van der Waals surface area contributed by atoms with E-state index in [0.717, 1.165) is 4.90 Å². The normalized spacial score (nSPS) is 12.4. The van der Waals surface area contributed by atoms with Gasteiger partial charge in [0, 0.05) is 10.6 Å². The van der Waals surface area contributed by atoms with Crippen LogP contribution in [-0.4, -0.2) is 10.9 Å². The Bertz CT molecular complexity index is 513. The summed E-state index contributed by atoms with van der Waals surface area (Å²) in [4.78, 5) is 0.867. The third-order valence-electron chi connectivity index (χ3n) is 2.45. The Morgan fingerprint density at radius 2 is 1.72 bits per heavy atom. The molecule has 1 unspecified atom stereocenters. The molecule has 1 nitrogen and oxygen atoms in total. The molecular formula is C14H12F2OS. The molecule has 2 aromatic rings. The van der Waals surface area contributed by atoms with Gasteiger partial charge in [0.05, 0.1) is 6.10 Å². The second kappa shape index (κ2) is 5.98. The zero-order valence-electron chi connectivity index (χ0n) is 9.51. The fourth-order valence-corrected chi connectivity index (χ4v) is 2.39. The molecule has 0 spiro atoms. The molecule has 1 atom stereocenters. The molecule has 2 aromatic carbocycles. The number of aliphatic hydroxyl groups is 1. The van der Waals surface area contributed by atoms with E-state index in [0.29, 0.717) is 11.3 Å². The van der Waals surface area contributed by atoms with Crippen LogP contribution in [0.3, 0.4) is 0 Å². The molecule has 0 saturated heterocycles. The molecule has 18 heavy (non-hydrogen) atoms. The molecule has 0 aliphatic rings. The summed E-state index contributed by atoms with van der Waals surface area (Å²) in [6, 6.07) is 11.9. The smallest absolute Gasteiger partial charge is 0.123 e. The first kappa shape index (κ1) is 13.1. The van der Waals surface area contributed by atoms with Crippen molar-refractivity contribution in [3.63, 3.8) is 0 Å². The Morgan fingerprint density at radius 1 is 1.00 bits per heavy atom. The van der Waals surface area contributed by atoms with Gasteiger partial charge in [-0.2, -0.15) is 0 Å². The largest absolute Gasteiger partial charge is 0.388 e. The predicted octanol–water partition coefficient (Wildman–Crippen LogP) is 3.79. The van der Waals surface area contributed by atoms with Crippen molar-refractivity contribution >= 4 is 11.8 Å². The minimum absolute atomic E-state index is 0.287. The number of halogens is 2. The lowest BCUT2D eigenvalue weighted by molar-refractivity contribution is 0.203. The lowest BCUT2D eigenvalue weighted by Gasteiger charge is -2.10. The van der Waals surface area contributed by atoms with E-state index in [1.165, 1.54) is 36.0 Å². The third kappa shape index (κ3) is 3.55. The zero-order chi connectivity index (χ0) is 13.0. The Balaban J connectivity index is 1.96. The van der Waals surface area contributed by atoms with Crippen LogP contribution in [0.1, 0.15) is 11.7 Å². The van der Waals surface area contributed by atoms with Gasteiger partial charge < -0.3 is 5.11 Å². The SMILES string of the molecule is OC(CSc1ccc(F)cc1)c1cccc(F)c1. The van der Waals surface area contributed by atoms with Gasteiger partial charge in [0.25, 0.3) is 0 Å². The molecule has 0 radical (unpaired) electrons. The molecule has 0 aliphatic heterocycles. The van der Waals surface area contributed by atoms with Crippen molar-refractivity contribution < 1.29 is 13.9 Å². The number of benzene rings is 2. The van der Waals surface area contributed by atoms with Crippen molar-refractivity contribution in [3.05, 3.63) is 65.7 Å². The summed E-state index contributed by atoms with van der Waals surface area (Å²) in [7, 11) is 0. The van der Waals surface area contributed by atoms with Crippen LogP contribution in [0, 0.1) is 11.6 Å². The molecule has 0 bridgehead atoms. The molecule has 1 N–H and O–H groups in total. The maximum Gasteiger partial charge on any atom is 0.123 e. The summed E-state index contributed by atoms with van der Waals surface area (Å²) in [5.74, 6) is -0.252. The molecular weight excluding hydrogens is 254 g/mol. The fraction of sp³-hybridized carbons (Fsp3) is 0.143. The summed E-state index contributed by atoms with van der Waals surface area (Å²) >= 11 is 1.40. The van der Waals surface area contributed by atoms with Crippen LogP contribution in [0.4, 0.5) is 8.78 Å². The quantitative estimate of drug-likeness (QED) is 0.850. The number of thioether (sulfide) groups is 1. The highest BCUT2D eigenvalue weighted by Crippen LogP contribution is 2.25. The minimum Gasteiger partial charge on any atom is -0.388 e. The van der Waals surface area contributed by atoms with Crippen molar-refractivity contribution in [2.24, 2.45) is 0 Å². The number of aliphatic hydroxyl groups excluding tert-OH is 1. The highest BCUT2D eigenvalue weighted by molar-refractivity contribution is 7.99. The molecule has 94 valence electrons. The van der Waals surface area contributed by atoms with Crippen LogP contribution in [0.15, 0.2) is 53.4 Å². The maximum absolute atomic E-state index is 13.0. The van der Waals surface area contributed by atoms with Gasteiger partial charge in [-0.05, 0) is 42.0 Å². The van der Waals surface area contributed by atoms with Crippen molar-refractivity contribution in [1.29, 1.82) is 0 Å². The highest BCUT2D eigenvalue weighted by Gasteiger charge is 2.08. The summed E-state index contributed by atoms with van der Waals surface area (Å²) in [6.07, 6.45) is -0.740. The number of hydrogen-bond acceptors (Lipinski definition) is 2. The molecule has 0 heterocycles. The van der Waals surface area contributed by atoms with Crippen LogP contribution < -0.4 is 0 Å². The van der Waals surface area contributed by atoms with Crippen molar-refractivity contribution in [1.82, 2.24) is 0 Å². The highest BCUT2D eigenvalue weighted by atomic mass is 32.2. The molecule has 4 heteroatoms. The Morgan fingerprint density at radius 3 is 2.39 bits per heavy atom. The van der Waals surface area contributed by atoms with E-state index in [2.05, 4.69) is 0 Å². The van der Waals surface area contributed by atoms with Gasteiger partial charge in [0.1, 0.15) is 11.6 Å².